The molecule has 0 unspecified atom stereocenters. The van der Waals surface area contributed by atoms with E-state index in [1.807, 2.05) is 48.5 Å². The lowest BCUT2D eigenvalue weighted by Crippen LogP contribution is -2.20. The van der Waals surface area contributed by atoms with Crippen molar-refractivity contribution in [1.82, 2.24) is 24.8 Å². The molecule has 5 aromatic rings. The fraction of sp³-hybridized carbons (Fsp3) is 0.0800. The molecule has 3 aromatic heterocycles. The third-order valence-electron chi connectivity index (χ3n) is 5.05. The highest BCUT2D eigenvalue weighted by molar-refractivity contribution is 5.92. The summed E-state index contributed by atoms with van der Waals surface area (Å²) < 4.78 is 12.3. The van der Waals surface area contributed by atoms with Crippen molar-refractivity contribution in [3.8, 4) is 34.1 Å². The number of ether oxygens (including phenoxy) is 2. The van der Waals surface area contributed by atoms with Gasteiger partial charge in [-0.3, -0.25) is 9.78 Å². The standard InChI is InChI=1S/C25H20N6O3/c1-33-20-7-9-21(10-8-20)34-16-24(32)27-19-6-2-4-17(14-19)22-11-12-23-28-29-25(31(23)30-22)18-5-3-13-26-15-18/h2-15H,16H2,1H3,(H,27,32). The molecule has 3 heterocycles. The number of amides is 1. The summed E-state index contributed by atoms with van der Waals surface area (Å²) in [5, 5.41) is 16.0. The Hall–Kier alpha value is -4.79. The molecule has 0 aliphatic heterocycles. The summed E-state index contributed by atoms with van der Waals surface area (Å²) in [4.78, 5) is 16.5. The van der Waals surface area contributed by atoms with E-state index in [-0.39, 0.29) is 12.5 Å². The van der Waals surface area contributed by atoms with Gasteiger partial charge in [-0.15, -0.1) is 10.2 Å². The van der Waals surface area contributed by atoms with Crippen LogP contribution in [0.25, 0.3) is 28.3 Å². The van der Waals surface area contributed by atoms with Gasteiger partial charge in [0.15, 0.2) is 18.1 Å². The van der Waals surface area contributed by atoms with Crippen molar-refractivity contribution in [2.24, 2.45) is 0 Å². The van der Waals surface area contributed by atoms with E-state index in [2.05, 4.69) is 20.5 Å². The second kappa shape index (κ2) is 9.37. The van der Waals surface area contributed by atoms with E-state index in [1.54, 1.807) is 48.3 Å². The Bertz CT molecular complexity index is 1430. The number of nitrogens with one attached hydrogen (secondary N) is 1. The number of hydrogen-bond donors (Lipinski definition) is 1. The van der Waals surface area contributed by atoms with Crippen molar-refractivity contribution < 1.29 is 14.3 Å². The Balaban J connectivity index is 1.32. The van der Waals surface area contributed by atoms with Crippen LogP contribution in [-0.4, -0.2) is 44.4 Å². The molecule has 0 saturated heterocycles. The molecule has 0 aliphatic carbocycles. The number of benzene rings is 2. The Morgan fingerprint density at radius 1 is 0.941 bits per heavy atom. The molecule has 1 amide bonds. The summed E-state index contributed by atoms with van der Waals surface area (Å²) in [5.41, 5.74) is 3.63. The minimum absolute atomic E-state index is 0.115. The number of carbonyl (C=O) groups is 1. The molecule has 5 rings (SSSR count). The van der Waals surface area contributed by atoms with Gasteiger partial charge in [-0.05, 0) is 60.7 Å². The highest BCUT2D eigenvalue weighted by atomic mass is 16.5. The third-order valence-corrected chi connectivity index (χ3v) is 5.05. The van der Waals surface area contributed by atoms with Crippen molar-refractivity contribution in [3.63, 3.8) is 0 Å². The van der Waals surface area contributed by atoms with Crippen molar-refractivity contribution in [3.05, 3.63) is 85.2 Å². The number of anilines is 1. The van der Waals surface area contributed by atoms with Gasteiger partial charge in [0, 0.05) is 29.2 Å². The van der Waals surface area contributed by atoms with Crippen LogP contribution in [-0.2, 0) is 4.79 Å². The second-order valence-electron chi connectivity index (χ2n) is 7.35. The number of carbonyl (C=O) groups excluding carboxylic acids is 1. The Morgan fingerprint density at radius 2 is 1.76 bits per heavy atom. The summed E-state index contributed by atoms with van der Waals surface area (Å²) in [6.45, 7) is -0.115. The van der Waals surface area contributed by atoms with E-state index < -0.39 is 0 Å². The molecule has 2 aromatic carbocycles. The summed E-state index contributed by atoms with van der Waals surface area (Å²) in [7, 11) is 1.59. The highest BCUT2D eigenvalue weighted by Crippen LogP contribution is 2.23. The molecule has 0 saturated carbocycles. The van der Waals surface area contributed by atoms with Crippen molar-refractivity contribution >= 4 is 17.2 Å². The largest absolute Gasteiger partial charge is 0.497 e. The number of hydrogen-bond acceptors (Lipinski definition) is 7. The SMILES string of the molecule is COc1ccc(OCC(=O)Nc2cccc(-c3ccc4nnc(-c5cccnc5)n4n3)c2)cc1. The van der Waals surface area contributed by atoms with Gasteiger partial charge < -0.3 is 14.8 Å². The van der Waals surface area contributed by atoms with Gasteiger partial charge in [-0.25, -0.2) is 0 Å². The van der Waals surface area contributed by atoms with Crippen LogP contribution >= 0.6 is 0 Å². The van der Waals surface area contributed by atoms with E-state index >= 15 is 0 Å². The van der Waals surface area contributed by atoms with Crippen LogP contribution in [0.15, 0.2) is 85.2 Å². The summed E-state index contributed by atoms with van der Waals surface area (Å²) in [6, 6.07) is 22.0. The van der Waals surface area contributed by atoms with Crippen LogP contribution in [0.1, 0.15) is 0 Å². The zero-order chi connectivity index (χ0) is 23.3. The van der Waals surface area contributed by atoms with Crippen LogP contribution in [0.5, 0.6) is 11.5 Å². The molecule has 0 atom stereocenters. The first kappa shape index (κ1) is 21.1. The first-order valence-corrected chi connectivity index (χ1v) is 10.5. The summed E-state index contributed by atoms with van der Waals surface area (Å²) >= 11 is 0. The van der Waals surface area contributed by atoms with E-state index in [1.165, 1.54) is 0 Å². The molecular formula is C25H20N6O3. The number of methoxy groups -OCH3 is 1. The van der Waals surface area contributed by atoms with E-state index in [0.29, 0.717) is 28.6 Å². The molecule has 9 heteroatoms. The third kappa shape index (κ3) is 4.53. The van der Waals surface area contributed by atoms with Gasteiger partial charge >= 0.3 is 0 Å². The van der Waals surface area contributed by atoms with Crippen LogP contribution < -0.4 is 14.8 Å². The smallest absolute Gasteiger partial charge is 0.262 e. The van der Waals surface area contributed by atoms with Crippen LogP contribution in [0.4, 0.5) is 5.69 Å². The maximum absolute atomic E-state index is 12.4. The Kier molecular flexibility index (Phi) is 5.81. The zero-order valence-electron chi connectivity index (χ0n) is 18.3. The van der Waals surface area contributed by atoms with Gasteiger partial charge in [-0.2, -0.15) is 9.61 Å². The number of pyridine rings is 1. The highest BCUT2D eigenvalue weighted by Gasteiger charge is 2.12. The zero-order valence-corrected chi connectivity index (χ0v) is 18.3. The predicted octanol–water partition coefficient (Wildman–Crippen LogP) is 3.88. The summed E-state index contributed by atoms with van der Waals surface area (Å²) in [5.74, 6) is 1.64. The number of rotatable bonds is 7. The molecule has 9 nitrogen and oxygen atoms in total. The summed E-state index contributed by atoms with van der Waals surface area (Å²) in [6.07, 6.45) is 3.42. The molecular weight excluding hydrogens is 432 g/mol. The fourth-order valence-electron chi connectivity index (χ4n) is 3.39. The molecule has 34 heavy (non-hydrogen) atoms. The predicted molar refractivity (Wildman–Crippen MR) is 127 cm³/mol. The van der Waals surface area contributed by atoms with E-state index in [0.717, 1.165) is 16.9 Å². The molecule has 1 N–H and O–H groups in total. The topological polar surface area (TPSA) is 104 Å². The second-order valence-corrected chi connectivity index (χ2v) is 7.35. The molecule has 0 spiro atoms. The number of fused-ring (bicyclic) bond motifs is 1. The fourth-order valence-corrected chi connectivity index (χ4v) is 3.39. The van der Waals surface area contributed by atoms with Gasteiger partial charge in [0.05, 0.1) is 12.8 Å². The lowest BCUT2D eigenvalue weighted by atomic mass is 10.1. The molecule has 0 radical (unpaired) electrons. The first-order valence-electron chi connectivity index (χ1n) is 10.5. The lowest BCUT2D eigenvalue weighted by molar-refractivity contribution is -0.118. The quantitative estimate of drug-likeness (QED) is 0.400. The normalized spacial score (nSPS) is 10.7. The number of nitrogens with zero attached hydrogens (tertiary/aromatic N) is 5. The van der Waals surface area contributed by atoms with E-state index in [9.17, 15) is 4.79 Å². The minimum Gasteiger partial charge on any atom is -0.497 e. The maximum Gasteiger partial charge on any atom is 0.262 e. The van der Waals surface area contributed by atoms with Gasteiger partial charge in [-0.1, -0.05) is 12.1 Å². The van der Waals surface area contributed by atoms with Crippen molar-refractivity contribution in [2.75, 3.05) is 19.0 Å². The average molecular weight is 452 g/mol. The molecule has 0 bridgehead atoms. The monoisotopic (exact) mass is 452 g/mol. The van der Waals surface area contributed by atoms with Crippen LogP contribution in [0, 0.1) is 0 Å². The molecule has 0 aliphatic rings. The van der Waals surface area contributed by atoms with Gasteiger partial charge in [0.25, 0.3) is 5.91 Å². The van der Waals surface area contributed by atoms with Crippen molar-refractivity contribution in [1.29, 1.82) is 0 Å². The van der Waals surface area contributed by atoms with Crippen LogP contribution in [0.3, 0.4) is 0 Å². The van der Waals surface area contributed by atoms with Gasteiger partial charge in [0.2, 0.25) is 0 Å². The Labute approximate surface area is 195 Å². The van der Waals surface area contributed by atoms with Crippen LogP contribution in [0.2, 0.25) is 0 Å². The minimum atomic E-state index is -0.269. The van der Waals surface area contributed by atoms with E-state index in [4.69, 9.17) is 14.6 Å². The molecule has 0 fully saturated rings. The number of aromatic nitrogens is 5. The average Bonchev–Trinajstić information content (AvgIpc) is 3.32. The first-order chi connectivity index (χ1) is 16.7. The van der Waals surface area contributed by atoms with Gasteiger partial charge in [0.1, 0.15) is 11.5 Å². The Morgan fingerprint density at radius 3 is 2.56 bits per heavy atom. The maximum atomic E-state index is 12.4. The lowest BCUT2D eigenvalue weighted by Gasteiger charge is -2.09. The molecule has 168 valence electrons. The van der Waals surface area contributed by atoms with Crippen molar-refractivity contribution in [2.45, 2.75) is 0 Å².